The zero-order valence-corrected chi connectivity index (χ0v) is 16.1. The Hall–Kier alpha value is -3.28. The third-order valence-electron chi connectivity index (χ3n) is 6.21. The van der Waals surface area contributed by atoms with Crippen molar-refractivity contribution >= 4 is 17.5 Å². The van der Waals surface area contributed by atoms with Crippen LogP contribution in [-0.4, -0.2) is 38.9 Å². The Labute approximate surface area is 172 Å². The molecule has 1 aliphatic carbocycles. The fourth-order valence-electron chi connectivity index (χ4n) is 4.53. The Kier molecular flexibility index (Phi) is 4.50. The zero-order valence-electron chi connectivity index (χ0n) is 16.1. The van der Waals surface area contributed by atoms with Crippen LogP contribution < -0.4 is 10.6 Å². The van der Waals surface area contributed by atoms with Crippen LogP contribution in [0, 0.1) is 23.1 Å². The SMILES string of the molecule is N#CN1[C@H]2CC[C@@H]1[C@H](NC(=O)c1ccc(Nc3nccc(C4CC4)n3)c(F)c1F)C2. The molecule has 3 aliphatic rings. The van der Waals surface area contributed by atoms with Gasteiger partial charge in [0, 0.05) is 23.9 Å². The highest BCUT2D eigenvalue weighted by Gasteiger charge is 2.46. The molecule has 0 unspecified atom stereocenters. The number of hydrogen-bond donors (Lipinski definition) is 2. The van der Waals surface area contributed by atoms with E-state index in [1.165, 1.54) is 12.1 Å². The fraction of sp³-hybridized carbons (Fsp3) is 0.429. The highest BCUT2D eigenvalue weighted by atomic mass is 19.2. The summed E-state index contributed by atoms with van der Waals surface area (Å²) in [6, 6.07) is 4.17. The van der Waals surface area contributed by atoms with Gasteiger partial charge in [-0.05, 0) is 50.3 Å². The number of fused-ring (bicyclic) bond motifs is 2. The molecule has 7 nitrogen and oxygen atoms in total. The summed E-state index contributed by atoms with van der Waals surface area (Å²) in [6.45, 7) is 0. The number of halogens is 2. The van der Waals surface area contributed by atoms with Crippen molar-refractivity contribution in [3.63, 3.8) is 0 Å². The minimum atomic E-state index is -1.23. The molecule has 2 N–H and O–H groups in total. The van der Waals surface area contributed by atoms with Crippen molar-refractivity contribution in [3.8, 4) is 6.19 Å². The first-order valence-corrected chi connectivity index (χ1v) is 10.1. The predicted molar refractivity (Wildman–Crippen MR) is 104 cm³/mol. The van der Waals surface area contributed by atoms with Crippen LogP contribution in [0.5, 0.6) is 0 Å². The lowest BCUT2D eigenvalue weighted by atomic mass is 9.95. The number of rotatable bonds is 5. The summed E-state index contributed by atoms with van der Waals surface area (Å²) in [5.74, 6) is -2.47. The van der Waals surface area contributed by atoms with Gasteiger partial charge in [-0.3, -0.25) is 4.79 Å². The largest absolute Gasteiger partial charge is 0.347 e. The van der Waals surface area contributed by atoms with Crippen LogP contribution in [0.1, 0.15) is 54.1 Å². The van der Waals surface area contributed by atoms with Gasteiger partial charge in [-0.25, -0.2) is 18.7 Å². The van der Waals surface area contributed by atoms with Gasteiger partial charge in [0.2, 0.25) is 5.95 Å². The van der Waals surface area contributed by atoms with E-state index in [0.29, 0.717) is 12.3 Å². The lowest BCUT2D eigenvalue weighted by Crippen LogP contribution is -2.43. The first-order chi connectivity index (χ1) is 14.5. The number of benzene rings is 1. The molecular weight excluding hydrogens is 390 g/mol. The Morgan fingerprint density at radius 3 is 2.73 bits per heavy atom. The lowest BCUT2D eigenvalue weighted by Gasteiger charge is -2.22. The number of aromatic nitrogens is 2. The lowest BCUT2D eigenvalue weighted by molar-refractivity contribution is 0.0923. The normalized spacial score (nSPS) is 24.6. The van der Waals surface area contributed by atoms with Gasteiger partial charge < -0.3 is 15.5 Å². The molecule has 0 spiro atoms. The first-order valence-electron chi connectivity index (χ1n) is 10.1. The van der Waals surface area contributed by atoms with Crippen molar-refractivity contribution in [3.05, 3.63) is 47.3 Å². The van der Waals surface area contributed by atoms with Crippen LogP contribution in [0.25, 0.3) is 0 Å². The van der Waals surface area contributed by atoms with Crippen LogP contribution in [-0.2, 0) is 0 Å². The molecule has 3 atom stereocenters. The molecule has 1 saturated carbocycles. The Balaban J connectivity index is 1.31. The molecule has 2 aliphatic heterocycles. The minimum Gasteiger partial charge on any atom is -0.347 e. The average Bonchev–Trinajstić information content (AvgIpc) is 3.46. The highest BCUT2D eigenvalue weighted by molar-refractivity contribution is 5.95. The monoisotopic (exact) mass is 410 g/mol. The van der Waals surface area contributed by atoms with Crippen molar-refractivity contribution in [1.82, 2.24) is 20.2 Å². The van der Waals surface area contributed by atoms with Gasteiger partial charge in [0.1, 0.15) is 0 Å². The highest BCUT2D eigenvalue weighted by Crippen LogP contribution is 2.39. The summed E-state index contributed by atoms with van der Waals surface area (Å²) in [5, 5.41) is 14.7. The fourth-order valence-corrected chi connectivity index (χ4v) is 4.53. The van der Waals surface area contributed by atoms with E-state index < -0.39 is 17.5 Å². The molecule has 1 aromatic heterocycles. The maximum absolute atomic E-state index is 14.7. The summed E-state index contributed by atoms with van der Waals surface area (Å²) in [6.07, 6.45) is 8.24. The van der Waals surface area contributed by atoms with Gasteiger partial charge in [-0.2, -0.15) is 5.26 Å². The van der Waals surface area contributed by atoms with Crippen LogP contribution in [0.3, 0.4) is 0 Å². The maximum Gasteiger partial charge on any atom is 0.254 e. The van der Waals surface area contributed by atoms with Gasteiger partial charge in [-0.15, -0.1) is 0 Å². The molecule has 30 heavy (non-hydrogen) atoms. The molecule has 2 bridgehead atoms. The second-order valence-corrected chi connectivity index (χ2v) is 8.11. The van der Waals surface area contributed by atoms with Gasteiger partial charge in [0.25, 0.3) is 5.91 Å². The molecule has 5 rings (SSSR count). The van der Waals surface area contributed by atoms with E-state index in [0.717, 1.165) is 31.4 Å². The van der Waals surface area contributed by atoms with Crippen molar-refractivity contribution in [2.75, 3.05) is 5.32 Å². The number of carbonyl (C=O) groups is 1. The molecule has 0 radical (unpaired) electrons. The topological polar surface area (TPSA) is 93.9 Å². The van der Waals surface area contributed by atoms with Gasteiger partial charge in [-0.1, -0.05) is 0 Å². The Morgan fingerprint density at radius 2 is 2.00 bits per heavy atom. The quantitative estimate of drug-likeness (QED) is 0.736. The van der Waals surface area contributed by atoms with Crippen molar-refractivity contribution < 1.29 is 13.6 Å². The molecular formula is C21H20F2N6O. The van der Waals surface area contributed by atoms with Crippen LogP contribution in [0.2, 0.25) is 0 Å². The molecule has 1 amide bonds. The summed E-state index contributed by atoms with van der Waals surface area (Å²) in [5.41, 5.74) is 0.381. The summed E-state index contributed by atoms with van der Waals surface area (Å²) < 4.78 is 29.3. The Morgan fingerprint density at radius 1 is 1.17 bits per heavy atom. The van der Waals surface area contributed by atoms with E-state index in [1.54, 1.807) is 11.1 Å². The van der Waals surface area contributed by atoms with Crippen molar-refractivity contribution in [1.29, 1.82) is 5.26 Å². The van der Waals surface area contributed by atoms with E-state index in [1.807, 2.05) is 6.07 Å². The molecule has 1 aromatic carbocycles. The van der Waals surface area contributed by atoms with E-state index >= 15 is 0 Å². The number of nitriles is 1. The van der Waals surface area contributed by atoms with Crippen LogP contribution >= 0.6 is 0 Å². The second kappa shape index (κ2) is 7.20. The first kappa shape index (κ1) is 18.7. The molecule has 154 valence electrons. The zero-order chi connectivity index (χ0) is 20.8. The number of amides is 1. The third kappa shape index (κ3) is 3.22. The van der Waals surface area contributed by atoms with E-state index in [2.05, 4.69) is 26.8 Å². The van der Waals surface area contributed by atoms with E-state index in [9.17, 15) is 18.8 Å². The van der Waals surface area contributed by atoms with E-state index in [4.69, 9.17) is 0 Å². The molecule has 2 aromatic rings. The second-order valence-electron chi connectivity index (χ2n) is 8.11. The summed E-state index contributed by atoms with van der Waals surface area (Å²) in [4.78, 5) is 22.7. The number of nitrogens with zero attached hydrogens (tertiary/aromatic N) is 4. The van der Waals surface area contributed by atoms with Crippen molar-refractivity contribution in [2.45, 2.75) is 56.1 Å². The average molecular weight is 410 g/mol. The van der Waals surface area contributed by atoms with E-state index in [-0.39, 0.29) is 35.3 Å². The van der Waals surface area contributed by atoms with Gasteiger partial charge in [0.05, 0.1) is 23.3 Å². The Bertz CT molecular complexity index is 1050. The third-order valence-corrected chi connectivity index (χ3v) is 6.21. The van der Waals surface area contributed by atoms with Gasteiger partial charge in [0.15, 0.2) is 17.8 Å². The molecule has 9 heteroatoms. The van der Waals surface area contributed by atoms with Crippen molar-refractivity contribution in [2.24, 2.45) is 0 Å². The maximum atomic E-state index is 14.7. The summed E-state index contributed by atoms with van der Waals surface area (Å²) >= 11 is 0. The van der Waals surface area contributed by atoms with Crippen LogP contribution in [0.4, 0.5) is 20.4 Å². The number of anilines is 2. The minimum absolute atomic E-state index is 0.0753. The molecule has 2 saturated heterocycles. The summed E-state index contributed by atoms with van der Waals surface area (Å²) in [7, 11) is 0. The smallest absolute Gasteiger partial charge is 0.254 e. The molecule has 3 fully saturated rings. The van der Waals surface area contributed by atoms with Gasteiger partial charge >= 0.3 is 0 Å². The predicted octanol–water partition coefficient (Wildman–Crippen LogP) is 3.19. The number of nitrogens with one attached hydrogen (secondary N) is 2. The standard InChI is InChI=1S/C21H20F2N6O/c22-18-13(20(30)26-16-9-12-3-6-17(16)29(12)10-24)4-5-15(19(18)23)28-21-25-8-7-14(27-21)11-1-2-11/h4-5,7-8,11-12,16-17H,1-3,6,9H2,(H,26,30)(H,25,27,28)/t12-,16+,17+/m0/s1. The van der Waals surface area contributed by atoms with Crippen LogP contribution in [0.15, 0.2) is 24.4 Å². The number of hydrogen-bond acceptors (Lipinski definition) is 6. The molecule has 3 heterocycles. The number of carbonyl (C=O) groups excluding carboxylic acids is 1.